The Morgan fingerprint density at radius 1 is 1.30 bits per heavy atom. The maximum absolute atomic E-state index is 12.0. The molecule has 108 valence electrons. The lowest BCUT2D eigenvalue weighted by atomic mass is 10.1. The highest BCUT2D eigenvalue weighted by atomic mass is 32.2. The lowest BCUT2D eigenvalue weighted by Gasteiger charge is -2.10. The molecule has 3 rings (SSSR count). The second kappa shape index (κ2) is 4.97. The van der Waals surface area contributed by atoms with Crippen LogP contribution in [0.1, 0.15) is 16.8 Å². The fraction of sp³-hybridized carbons (Fsp3) is 0.462. The Kier molecular flexibility index (Phi) is 3.29. The average Bonchev–Trinajstić information content (AvgIpc) is 3.01. The minimum Gasteiger partial charge on any atom is -0.454 e. The van der Waals surface area contributed by atoms with Crippen molar-refractivity contribution in [3.63, 3.8) is 0 Å². The van der Waals surface area contributed by atoms with E-state index in [-0.39, 0.29) is 30.1 Å². The molecule has 20 heavy (non-hydrogen) atoms. The molecule has 1 saturated heterocycles. The summed E-state index contributed by atoms with van der Waals surface area (Å²) in [5, 5.41) is 2.77. The standard InChI is InChI=1S/C13H15NO5S/c15-13(14-6-9-3-4-20(16,17)7-9)10-1-2-11-12(5-10)19-8-18-11/h1-2,5,9H,3-4,6-8H2,(H,14,15)/t9-/m0/s1. The number of fused-ring (bicyclic) bond motifs is 1. The van der Waals surface area contributed by atoms with Crippen molar-refractivity contribution in [2.24, 2.45) is 5.92 Å². The van der Waals surface area contributed by atoms with Crippen LogP contribution in [0.2, 0.25) is 0 Å². The number of hydrogen-bond donors (Lipinski definition) is 1. The molecule has 1 aromatic rings. The number of hydrogen-bond acceptors (Lipinski definition) is 5. The molecule has 2 heterocycles. The molecule has 2 aliphatic heterocycles. The van der Waals surface area contributed by atoms with E-state index in [1.807, 2.05) is 0 Å². The highest BCUT2D eigenvalue weighted by Crippen LogP contribution is 2.32. The number of ether oxygens (including phenoxy) is 2. The Morgan fingerprint density at radius 2 is 2.10 bits per heavy atom. The van der Waals surface area contributed by atoms with Crippen LogP contribution in [0.15, 0.2) is 18.2 Å². The van der Waals surface area contributed by atoms with Crippen molar-refractivity contribution >= 4 is 15.7 Å². The van der Waals surface area contributed by atoms with Crippen molar-refractivity contribution in [3.8, 4) is 11.5 Å². The molecule has 7 heteroatoms. The van der Waals surface area contributed by atoms with Gasteiger partial charge in [-0.3, -0.25) is 4.79 Å². The summed E-state index contributed by atoms with van der Waals surface area (Å²) < 4.78 is 33.1. The fourth-order valence-electron chi connectivity index (χ4n) is 2.41. The smallest absolute Gasteiger partial charge is 0.251 e. The van der Waals surface area contributed by atoms with E-state index in [2.05, 4.69) is 5.32 Å². The highest BCUT2D eigenvalue weighted by molar-refractivity contribution is 7.91. The quantitative estimate of drug-likeness (QED) is 0.882. The minimum atomic E-state index is -2.90. The van der Waals surface area contributed by atoms with Crippen LogP contribution in [-0.4, -0.2) is 39.2 Å². The van der Waals surface area contributed by atoms with Crippen molar-refractivity contribution in [1.29, 1.82) is 0 Å². The lowest BCUT2D eigenvalue weighted by Crippen LogP contribution is -2.29. The van der Waals surface area contributed by atoms with Crippen LogP contribution in [0.4, 0.5) is 0 Å². The van der Waals surface area contributed by atoms with Crippen molar-refractivity contribution in [1.82, 2.24) is 5.32 Å². The number of carbonyl (C=O) groups excluding carboxylic acids is 1. The van der Waals surface area contributed by atoms with Gasteiger partial charge in [0.1, 0.15) is 0 Å². The van der Waals surface area contributed by atoms with E-state index in [4.69, 9.17) is 9.47 Å². The van der Waals surface area contributed by atoms with E-state index in [9.17, 15) is 13.2 Å². The summed E-state index contributed by atoms with van der Waals surface area (Å²) >= 11 is 0. The first kappa shape index (κ1) is 13.2. The Labute approximate surface area is 117 Å². The zero-order chi connectivity index (χ0) is 14.2. The molecule has 1 amide bonds. The first-order valence-electron chi connectivity index (χ1n) is 6.42. The Bertz CT molecular complexity index is 640. The third-order valence-corrected chi connectivity index (χ3v) is 5.35. The normalized spacial score (nSPS) is 22.7. The third-order valence-electron chi connectivity index (χ3n) is 3.51. The van der Waals surface area contributed by atoms with Crippen LogP contribution >= 0.6 is 0 Å². The number of rotatable bonds is 3. The molecule has 1 N–H and O–H groups in total. The van der Waals surface area contributed by atoms with Crippen LogP contribution in [0, 0.1) is 5.92 Å². The first-order chi connectivity index (χ1) is 9.53. The summed E-state index contributed by atoms with van der Waals surface area (Å²) in [6.07, 6.45) is 0.615. The van der Waals surface area contributed by atoms with Gasteiger partial charge in [-0.05, 0) is 30.5 Å². The van der Waals surface area contributed by atoms with Gasteiger partial charge in [-0.2, -0.15) is 0 Å². The van der Waals surface area contributed by atoms with Gasteiger partial charge in [-0.1, -0.05) is 0 Å². The molecule has 0 bridgehead atoms. The fourth-order valence-corrected chi connectivity index (χ4v) is 4.27. The maximum atomic E-state index is 12.0. The predicted octanol–water partition coefficient (Wildman–Crippen LogP) is 0.580. The van der Waals surface area contributed by atoms with Gasteiger partial charge in [-0.25, -0.2) is 8.42 Å². The van der Waals surface area contributed by atoms with E-state index in [1.165, 1.54) is 0 Å². The molecule has 1 fully saturated rings. The third kappa shape index (κ3) is 2.72. The van der Waals surface area contributed by atoms with Gasteiger partial charge in [0.05, 0.1) is 11.5 Å². The molecule has 0 saturated carbocycles. The molecule has 0 radical (unpaired) electrons. The molecular formula is C13H15NO5S. The largest absolute Gasteiger partial charge is 0.454 e. The topological polar surface area (TPSA) is 81.7 Å². The van der Waals surface area contributed by atoms with Crippen LogP contribution < -0.4 is 14.8 Å². The SMILES string of the molecule is O=C(NC[C@@H]1CCS(=O)(=O)C1)c1ccc2c(c1)OCO2. The summed E-state index contributed by atoms with van der Waals surface area (Å²) in [6, 6.07) is 4.98. The van der Waals surface area contributed by atoms with Crippen molar-refractivity contribution < 1.29 is 22.7 Å². The number of benzene rings is 1. The van der Waals surface area contributed by atoms with Crippen LogP contribution in [0.5, 0.6) is 11.5 Å². The van der Waals surface area contributed by atoms with Gasteiger partial charge in [0.2, 0.25) is 6.79 Å². The summed E-state index contributed by atoms with van der Waals surface area (Å²) in [5.74, 6) is 1.35. The van der Waals surface area contributed by atoms with Gasteiger partial charge in [0, 0.05) is 12.1 Å². The van der Waals surface area contributed by atoms with E-state index in [0.717, 1.165) is 0 Å². The summed E-state index contributed by atoms with van der Waals surface area (Å²) in [5.41, 5.74) is 0.482. The van der Waals surface area contributed by atoms with Gasteiger partial charge < -0.3 is 14.8 Å². The maximum Gasteiger partial charge on any atom is 0.251 e. The Balaban J connectivity index is 1.60. The van der Waals surface area contributed by atoms with Crippen LogP contribution in [-0.2, 0) is 9.84 Å². The second-order valence-electron chi connectivity index (χ2n) is 5.05. The molecular weight excluding hydrogens is 282 g/mol. The molecule has 0 unspecified atom stereocenters. The summed E-state index contributed by atoms with van der Waals surface area (Å²) in [6.45, 7) is 0.548. The predicted molar refractivity (Wildman–Crippen MR) is 71.7 cm³/mol. The van der Waals surface area contributed by atoms with Crippen molar-refractivity contribution in [2.45, 2.75) is 6.42 Å². The molecule has 0 spiro atoms. The Hall–Kier alpha value is -1.76. The summed E-state index contributed by atoms with van der Waals surface area (Å²) in [4.78, 5) is 12.0. The van der Waals surface area contributed by atoms with Gasteiger partial charge in [0.25, 0.3) is 5.91 Å². The second-order valence-corrected chi connectivity index (χ2v) is 7.28. The first-order valence-corrected chi connectivity index (χ1v) is 8.24. The van der Waals surface area contributed by atoms with Gasteiger partial charge in [-0.15, -0.1) is 0 Å². The van der Waals surface area contributed by atoms with E-state index >= 15 is 0 Å². The Morgan fingerprint density at radius 3 is 2.85 bits per heavy atom. The highest BCUT2D eigenvalue weighted by Gasteiger charge is 2.28. The van der Waals surface area contributed by atoms with E-state index < -0.39 is 9.84 Å². The minimum absolute atomic E-state index is 0.0120. The van der Waals surface area contributed by atoms with Gasteiger partial charge >= 0.3 is 0 Å². The molecule has 1 aromatic carbocycles. The number of amides is 1. The van der Waals surface area contributed by atoms with E-state index in [0.29, 0.717) is 30.0 Å². The van der Waals surface area contributed by atoms with Crippen LogP contribution in [0.25, 0.3) is 0 Å². The van der Waals surface area contributed by atoms with E-state index in [1.54, 1.807) is 18.2 Å². The molecule has 2 aliphatic rings. The molecule has 0 aliphatic carbocycles. The number of nitrogens with one attached hydrogen (secondary N) is 1. The zero-order valence-corrected chi connectivity index (χ0v) is 11.6. The number of sulfone groups is 1. The van der Waals surface area contributed by atoms with Gasteiger partial charge in [0.15, 0.2) is 21.3 Å². The van der Waals surface area contributed by atoms with Crippen molar-refractivity contribution in [3.05, 3.63) is 23.8 Å². The number of carbonyl (C=O) groups is 1. The monoisotopic (exact) mass is 297 g/mol. The zero-order valence-electron chi connectivity index (χ0n) is 10.8. The summed E-state index contributed by atoms with van der Waals surface area (Å²) in [7, 11) is -2.90. The van der Waals surface area contributed by atoms with Crippen molar-refractivity contribution in [2.75, 3.05) is 24.8 Å². The molecule has 1 atom stereocenters. The molecule has 0 aromatic heterocycles. The van der Waals surface area contributed by atoms with Crippen LogP contribution in [0.3, 0.4) is 0 Å². The average molecular weight is 297 g/mol. The lowest BCUT2D eigenvalue weighted by molar-refractivity contribution is 0.0948. The molecule has 6 nitrogen and oxygen atoms in total.